The third kappa shape index (κ3) is 8.75. The fraction of sp³-hybridized carbons (Fsp3) is 0.350. The number of esters is 1. The van der Waals surface area contributed by atoms with Crippen LogP contribution in [0.25, 0.3) is 0 Å². The Morgan fingerprint density at radius 1 is 1.28 bits per heavy atom. The van der Waals surface area contributed by atoms with Gasteiger partial charge in [-0.15, -0.1) is 0 Å². The van der Waals surface area contributed by atoms with E-state index >= 15 is 0 Å². The van der Waals surface area contributed by atoms with E-state index < -0.39 is 12.2 Å². The Morgan fingerprint density at radius 3 is 2.80 bits per heavy atom. The maximum absolute atomic E-state index is 11.0. The molecule has 0 unspecified atom stereocenters. The Bertz CT molecular complexity index is 652. The maximum atomic E-state index is 11.0. The van der Waals surface area contributed by atoms with Gasteiger partial charge in [0.05, 0.1) is 26.4 Å². The van der Waals surface area contributed by atoms with Crippen molar-refractivity contribution in [2.24, 2.45) is 0 Å². The summed E-state index contributed by atoms with van der Waals surface area (Å²) < 4.78 is 9.64. The van der Waals surface area contributed by atoms with E-state index in [-0.39, 0.29) is 12.4 Å². The highest BCUT2D eigenvalue weighted by molar-refractivity contribution is 5.68. The lowest BCUT2D eigenvalue weighted by molar-refractivity contribution is -0.140. The summed E-state index contributed by atoms with van der Waals surface area (Å²) in [7, 11) is 2.92. The molecule has 0 aliphatic rings. The van der Waals surface area contributed by atoms with Gasteiger partial charge in [-0.3, -0.25) is 4.79 Å². The average molecular weight is 344 g/mol. The van der Waals surface area contributed by atoms with Crippen molar-refractivity contribution in [3.8, 4) is 17.6 Å². The van der Waals surface area contributed by atoms with Crippen LogP contribution in [0.4, 0.5) is 0 Å². The van der Waals surface area contributed by atoms with Gasteiger partial charge in [0.2, 0.25) is 0 Å². The van der Waals surface area contributed by atoms with Crippen molar-refractivity contribution < 1.29 is 24.5 Å². The first kappa shape index (κ1) is 20.5. The van der Waals surface area contributed by atoms with E-state index in [2.05, 4.69) is 16.6 Å². The van der Waals surface area contributed by atoms with E-state index in [0.29, 0.717) is 12.8 Å². The maximum Gasteiger partial charge on any atom is 0.305 e. The number of hydrogen-bond acceptors (Lipinski definition) is 5. The summed E-state index contributed by atoms with van der Waals surface area (Å²) in [5.74, 6) is 6.27. The first-order valence-electron chi connectivity index (χ1n) is 7.98. The predicted molar refractivity (Wildman–Crippen MR) is 96.0 cm³/mol. The molecule has 2 N–H and O–H groups in total. The van der Waals surface area contributed by atoms with Gasteiger partial charge in [-0.1, -0.05) is 36.1 Å². The number of ether oxygens (including phenoxy) is 2. The van der Waals surface area contributed by atoms with Crippen LogP contribution in [0.3, 0.4) is 0 Å². The van der Waals surface area contributed by atoms with Crippen LogP contribution in [0.5, 0.6) is 5.75 Å². The lowest BCUT2D eigenvalue weighted by Gasteiger charge is -2.13. The van der Waals surface area contributed by atoms with E-state index in [1.807, 2.05) is 24.3 Å². The molecule has 0 aromatic heterocycles. The van der Waals surface area contributed by atoms with Gasteiger partial charge in [0.15, 0.2) is 0 Å². The summed E-state index contributed by atoms with van der Waals surface area (Å²) in [6.45, 7) is 0. The number of benzene rings is 1. The Kier molecular flexibility index (Phi) is 9.76. The molecule has 0 fully saturated rings. The Labute approximate surface area is 148 Å². The van der Waals surface area contributed by atoms with Gasteiger partial charge in [0, 0.05) is 12.0 Å². The first-order chi connectivity index (χ1) is 12.1. The minimum Gasteiger partial charge on any atom is -0.497 e. The summed E-state index contributed by atoms with van der Waals surface area (Å²) in [6, 6.07) is 7.44. The highest BCUT2D eigenvalue weighted by Crippen LogP contribution is 2.11. The molecule has 2 atom stereocenters. The fourth-order valence-corrected chi connectivity index (χ4v) is 1.96. The Morgan fingerprint density at radius 2 is 2.08 bits per heavy atom. The molecule has 1 rings (SSSR count). The molecular weight excluding hydrogens is 320 g/mol. The SMILES string of the molecule is COC(=O)CCC[C@H](O)[C@H](O)/C=C/C=C/C#Cc1cccc(OC)c1. The normalized spacial score (nSPS) is 13.3. The van der Waals surface area contributed by atoms with Gasteiger partial charge in [-0.25, -0.2) is 0 Å². The third-order valence-electron chi connectivity index (χ3n) is 3.39. The second kappa shape index (κ2) is 11.9. The van der Waals surface area contributed by atoms with Crippen LogP contribution in [0.15, 0.2) is 48.6 Å². The lowest BCUT2D eigenvalue weighted by atomic mass is 10.1. The molecule has 0 saturated carbocycles. The van der Waals surface area contributed by atoms with Crippen molar-refractivity contribution in [1.82, 2.24) is 0 Å². The van der Waals surface area contributed by atoms with E-state index in [9.17, 15) is 15.0 Å². The molecule has 0 bridgehead atoms. The number of carbonyl (C=O) groups excluding carboxylic acids is 1. The molecule has 0 aliphatic carbocycles. The van der Waals surface area contributed by atoms with Gasteiger partial charge in [-0.2, -0.15) is 0 Å². The standard InChI is InChI=1S/C20H24O5/c1-24-17-11-7-10-16(15-17)9-5-3-4-6-12-18(21)19(22)13-8-14-20(23)25-2/h3-4,6-7,10-12,15,18-19,21-22H,8,13-14H2,1-2H3/b4-3+,12-6+/t18-,19+/m1/s1. The van der Waals surface area contributed by atoms with E-state index in [1.54, 1.807) is 25.3 Å². The monoisotopic (exact) mass is 344 g/mol. The highest BCUT2D eigenvalue weighted by Gasteiger charge is 2.13. The molecule has 25 heavy (non-hydrogen) atoms. The molecule has 5 heteroatoms. The van der Waals surface area contributed by atoms with Gasteiger partial charge >= 0.3 is 5.97 Å². The Balaban J connectivity index is 2.39. The van der Waals surface area contributed by atoms with Crippen LogP contribution < -0.4 is 4.74 Å². The lowest BCUT2D eigenvalue weighted by Crippen LogP contribution is -2.23. The van der Waals surface area contributed by atoms with Gasteiger partial charge in [0.1, 0.15) is 5.75 Å². The second-order valence-corrected chi connectivity index (χ2v) is 5.27. The first-order valence-corrected chi connectivity index (χ1v) is 7.98. The van der Waals surface area contributed by atoms with Crippen molar-refractivity contribution in [3.63, 3.8) is 0 Å². The molecule has 0 spiro atoms. The van der Waals surface area contributed by atoms with Crippen LogP contribution in [0.2, 0.25) is 0 Å². The third-order valence-corrected chi connectivity index (χ3v) is 3.39. The number of carbonyl (C=O) groups is 1. The molecular formula is C20H24O5. The van der Waals surface area contributed by atoms with E-state index in [0.717, 1.165) is 11.3 Å². The summed E-state index contributed by atoms with van der Waals surface area (Å²) in [5, 5.41) is 19.6. The van der Waals surface area contributed by atoms with Gasteiger partial charge < -0.3 is 19.7 Å². The summed E-state index contributed by atoms with van der Waals surface area (Å²) in [5.41, 5.74) is 0.842. The fourth-order valence-electron chi connectivity index (χ4n) is 1.96. The van der Waals surface area contributed by atoms with Crippen molar-refractivity contribution >= 4 is 5.97 Å². The molecule has 0 aliphatic heterocycles. The number of allylic oxidation sites excluding steroid dienone is 3. The molecule has 0 heterocycles. The molecule has 0 radical (unpaired) electrons. The second-order valence-electron chi connectivity index (χ2n) is 5.27. The molecule has 1 aromatic rings. The molecule has 134 valence electrons. The van der Waals surface area contributed by atoms with Crippen molar-refractivity contribution in [1.29, 1.82) is 0 Å². The minimum absolute atomic E-state index is 0.226. The van der Waals surface area contributed by atoms with E-state index in [4.69, 9.17) is 4.74 Å². The van der Waals surface area contributed by atoms with Crippen molar-refractivity contribution in [2.45, 2.75) is 31.5 Å². The van der Waals surface area contributed by atoms with Crippen LogP contribution >= 0.6 is 0 Å². The Hall–Kier alpha value is -2.55. The van der Waals surface area contributed by atoms with Crippen LogP contribution in [-0.4, -0.2) is 42.6 Å². The zero-order valence-electron chi connectivity index (χ0n) is 14.5. The van der Waals surface area contributed by atoms with Crippen molar-refractivity contribution in [2.75, 3.05) is 14.2 Å². The molecule has 5 nitrogen and oxygen atoms in total. The molecule has 1 aromatic carbocycles. The zero-order valence-corrected chi connectivity index (χ0v) is 14.5. The highest BCUT2D eigenvalue weighted by atomic mass is 16.5. The largest absolute Gasteiger partial charge is 0.497 e. The number of aliphatic hydroxyl groups excluding tert-OH is 2. The number of hydrogen-bond donors (Lipinski definition) is 2. The van der Waals surface area contributed by atoms with Crippen LogP contribution in [-0.2, 0) is 9.53 Å². The van der Waals surface area contributed by atoms with Crippen LogP contribution in [0, 0.1) is 11.8 Å². The zero-order chi connectivity index (χ0) is 18.5. The van der Waals surface area contributed by atoms with Gasteiger partial charge in [0.25, 0.3) is 0 Å². The topological polar surface area (TPSA) is 76.0 Å². The summed E-state index contributed by atoms with van der Waals surface area (Å²) >= 11 is 0. The smallest absolute Gasteiger partial charge is 0.305 e. The van der Waals surface area contributed by atoms with Crippen LogP contribution in [0.1, 0.15) is 24.8 Å². The number of aliphatic hydroxyl groups is 2. The van der Waals surface area contributed by atoms with Gasteiger partial charge in [-0.05, 0) is 37.1 Å². The van der Waals surface area contributed by atoms with E-state index in [1.165, 1.54) is 13.2 Å². The molecule has 0 saturated heterocycles. The quantitative estimate of drug-likeness (QED) is 0.430. The van der Waals surface area contributed by atoms with Crippen molar-refractivity contribution in [3.05, 3.63) is 54.1 Å². The molecule has 0 amide bonds. The number of rotatable bonds is 8. The predicted octanol–water partition coefficient (Wildman–Crippen LogP) is 2.22. The minimum atomic E-state index is -0.992. The summed E-state index contributed by atoms with van der Waals surface area (Å²) in [6.07, 6.45) is 5.51. The average Bonchev–Trinajstić information content (AvgIpc) is 2.64. The number of methoxy groups -OCH3 is 2. The summed E-state index contributed by atoms with van der Waals surface area (Å²) in [4.78, 5) is 11.0.